The molecule has 2 fully saturated rings. The fraction of sp³-hybridized carbons (Fsp3) is 0.600. The van der Waals surface area contributed by atoms with Gasteiger partial charge in [-0.05, 0) is 26.7 Å². The third kappa shape index (κ3) is 4.56. The zero-order chi connectivity index (χ0) is 20.4. The van der Waals surface area contributed by atoms with Gasteiger partial charge in [0.1, 0.15) is 32.8 Å². The summed E-state index contributed by atoms with van der Waals surface area (Å²) in [7, 11) is 0. The smallest absolute Gasteiger partial charge is 0.133 e. The normalized spacial score (nSPS) is 26.4. The van der Waals surface area contributed by atoms with E-state index >= 15 is 0 Å². The molecule has 0 aromatic carbocycles. The molecule has 2 aliphatic carbocycles. The van der Waals surface area contributed by atoms with Gasteiger partial charge in [0.25, 0.3) is 0 Å². The molecule has 2 aromatic rings. The van der Waals surface area contributed by atoms with E-state index in [4.69, 9.17) is 0 Å². The van der Waals surface area contributed by atoms with Crippen molar-refractivity contribution < 1.29 is 19.8 Å². The van der Waals surface area contributed by atoms with Gasteiger partial charge in [-0.3, -0.25) is 9.59 Å². The highest BCUT2D eigenvalue weighted by molar-refractivity contribution is 7.09. The number of carbonyl (C=O) groups excluding carboxylic acids is 2. The Labute approximate surface area is 172 Å². The fourth-order valence-corrected chi connectivity index (χ4v) is 5.44. The Bertz CT molecular complexity index is 732. The second kappa shape index (κ2) is 8.49. The molecule has 0 unspecified atom stereocenters. The minimum atomic E-state index is -0.930. The number of ketones is 2. The van der Waals surface area contributed by atoms with Crippen molar-refractivity contribution in [3.05, 3.63) is 33.2 Å². The minimum absolute atomic E-state index is 0.0427. The standard InChI is InChI=1S/2C10H13NO2S/c2*1-10(13,9-11-4-5-14-9)7-2-3-8(12)6-7/h2*4-5,7,13H,2-3,6H2,1H3/t7-,10+;7-,10-/m00/s1. The molecule has 4 rings (SSSR count). The second-order valence-corrected chi connectivity index (χ2v) is 9.72. The van der Waals surface area contributed by atoms with E-state index in [0.717, 1.165) is 22.9 Å². The van der Waals surface area contributed by atoms with E-state index in [1.54, 1.807) is 26.2 Å². The maximum absolute atomic E-state index is 11.1. The van der Waals surface area contributed by atoms with Crippen LogP contribution in [0.2, 0.25) is 0 Å². The first-order valence-electron chi connectivity index (χ1n) is 9.49. The summed E-state index contributed by atoms with van der Waals surface area (Å²) in [5.74, 6) is 0.598. The van der Waals surface area contributed by atoms with Gasteiger partial charge in [0, 0.05) is 60.7 Å². The zero-order valence-electron chi connectivity index (χ0n) is 16.1. The van der Waals surface area contributed by atoms with E-state index in [9.17, 15) is 19.8 Å². The number of carbonyl (C=O) groups is 2. The van der Waals surface area contributed by atoms with E-state index < -0.39 is 11.2 Å². The Morgan fingerprint density at radius 1 is 0.857 bits per heavy atom. The van der Waals surface area contributed by atoms with Gasteiger partial charge in [-0.15, -0.1) is 22.7 Å². The lowest BCUT2D eigenvalue weighted by Crippen LogP contribution is -2.30. The SMILES string of the molecule is C[C@@](O)(c1nccs1)[C@H]1CCC(=O)C1.C[C@](O)(c1nccs1)[C@H]1CCC(=O)C1. The van der Waals surface area contributed by atoms with Crippen molar-refractivity contribution in [1.82, 2.24) is 9.97 Å². The first-order valence-corrected chi connectivity index (χ1v) is 11.2. The van der Waals surface area contributed by atoms with Gasteiger partial charge >= 0.3 is 0 Å². The number of nitrogens with zero attached hydrogens (tertiary/aromatic N) is 2. The van der Waals surface area contributed by atoms with Crippen molar-refractivity contribution >= 4 is 34.2 Å². The van der Waals surface area contributed by atoms with E-state index in [-0.39, 0.29) is 23.4 Å². The van der Waals surface area contributed by atoms with Crippen LogP contribution in [0.4, 0.5) is 0 Å². The minimum Gasteiger partial charge on any atom is -0.383 e. The summed E-state index contributed by atoms with van der Waals surface area (Å²) in [5, 5.41) is 25.7. The van der Waals surface area contributed by atoms with Gasteiger partial charge in [0.15, 0.2) is 0 Å². The van der Waals surface area contributed by atoms with Crippen LogP contribution >= 0.6 is 22.7 Å². The van der Waals surface area contributed by atoms with Crippen molar-refractivity contribution in [3.63, 3.8) is 0 Å². The van der Waals surface area contributed by atoms with Gasteiger partial charge in [0.2, 0.25) is 0 Å². The molecule has 4 atom stereocenters. The van der Waals surface area contributed by atoms with Crippen LogP contribution in [0.3, 0.4) is 0 Å². The van der Waals surface area contributed by atoms with Crippen LogP contribution in [-0.2, 0) is 20.8 Å². The zero-order valence-corrected chi connectivity index (χ0v) is 17.8. The van der Waals surface area contributed by atoms with Gasteiger partial charge in [-0.1, -0.05) is 0 Å². The summed E-state index contributed by atoms with van der Waals surface area (Å²) >= 11 is 2.89. The number of hydrogen-bond donors (Lipinski definition) is 2. The van der Waals surface area contributed by atoms with Gasteiger partial charge in [-0.2, -0.15) is 0 Å². The van der Waals surface area contributed by atoms with Crippen LogP contribution in [0, 0.1) is 11.8 Å². The summed E-state index contributed by atoms with van der Waals surface area (Å²) in [6.45, 7) is 3.52. The number of aromatic nitrogens is 2. The molecule has 0 saturated heterocycles. The first-order chi connectivity index (χ1) is 13.2. The molecular weight excluding hydrogens is 396 g/mol. The molecule has 0 radical (unpaired) electrons. The molecule has 152 valence electrons. The van der Waals surface area contributed by atoms with Crippen molar-refractivity contribution in [2.24, 2.45) is 11.8 Å². The van der Waals surface area contributed by atoms with Crippen LogP contribution < -0.4 is 0 Å². The average molecular weight is 423 g/mol. The molecule has 2 aromatic heterocycles. The highest BCUT2D eigenvalue weighted by atomic mass is 32.1. The van der Waals surface area contributed by atoms with E-state index in [0.29, 0.717) is 25.7 Å². The van der Waals surface area contributed by atoms with Crippen molar-refractivity contribution in [2.75, 3.05) is 0 Å². The third-order valence-electron chi connectivity index (χ3n) is 5.81. The largest absolute Gasteiger partial charge is 0.383 e. The van der Waals surface area contributed by atoms with Crippen LogP contribution in [0.25, 0.3) is 0 Å². The van der Waals surface area contributed by atoms with Gasteiger partial charge in [-0.25, -0.2) is 9.97 Å². The van der Waals surface area contributed by atoms with Crippen LogP contribution in [0.15, 0.2) is 23.2 Å². The van der Waals surface area contributed by atoms with E-state index in [1.807, 2.05) is 10.8 Å². The monoisotopic (exact) mass is 422 g/mol. The fourth-order valence-electron chi connectivity index (χ4n) is 3.88. The van der Waals surface area contributed by atoms with Crippen molar-refractivity contribution in [3.8, 4) is 0 Å². The lowest BCUT2D eigenvalue weighted by molar-refractivity contribution is -0.119. The van der Waals surface area contributed by atoms with E-state index in [2.05, 4.69) is 9.97 Å². The molecule has 2 saturated carbocycles. The third-order valence-corrected chi connectivity index (χ3v) is 7.81. The predicted octanol–water partition coefficient (Wildman–Crippen LogP) is 3.44. The number of aliphatic hydroxyl groups is 2. The average Bonchev–Trinajstić information content (AvgIpc) is 3.42. The number of rotatable bonds is 4. The lowest BCUT2D eigenvalue weighted by Gasteiger charge is -2.27. The Balaban J connectivity index is 0.000000161. The Hall–Kier alpha value is -1.48. The molecule has 6 nitrogen and oxygen atoms in total. The molecule has 28 heavy (non-hydrogen) atoms. The Kier molecular flexibility index (Phi) is 6.44. The van der Waals surface area contributed by atoms with Crippen molar-refractivity contribution in [2.45, 2.75) is 63.6 Å². The maximum atomic E-state index is 11.1. The number of Topliss-reactive ketones (excluding diaryl/α,β-unsaturated/α-hetero) is 2. The molecular formula is C20H26N2O4S2. The van der Waals surface area contributed by atoms with Crippen LogP contribution in [-0.4, -0.2) is 31.7 Å². The Morgan fingerprint density at radius 2 is 1.25 bits per heavy atom. The number of hydrogen-bond acceptors (Lipinski definition) is 8. The molecule has 0 aliphatic heterocycles. The molecule has 0 bridgehead atoms. The van der Waals surface area contributed by atoms with Gasteiger partial charge in [0.05, 0.1) is 0 Å². The Morgan fingerprint density at radius 3 is 1.50 bits per heavy atom. The predicted molar refractivity (Wildman–Crippen MR) is 108 cm³/mol. The molecule has 2 aliphatic rings. The lowest BCUT2D eigenvalue weighted by atomic mass is 9.88. The van der Waals surface area contributed by atoms with Crippen LogP contribution in [0.5, 0.6) is 0 Å². The molecule has 0 spiro atoms. The highest BCUT2D eigenvalue weighted by Crippen LogP contribution is 2.40. The highest BCUT2D eigenvalue weighted by Gasteiger charge is 2.41. The molecule has 0 amide bonds. The summed E-state index contributed by atoms with van der Waals surface area (Å²) in [6, 6.07) is 0. The summed E-state index contributed by atoms with van der Waals surface area (Å²) in [6.07, 6.45) is 7.13. The van der Waals surface area contributed by atoms with Crippen molar-refractivity contribution in [1.29, 1.82) is 0 Å². The van der Waals surface area contributed by atoms with Gasteiger partial charge < -0.3 is 10.2 Å². The van der Waals surface area contributed by atoms with Crippen LogP contribution in [0.1, 0.15) is 62.4 Å². The topological polar surface area (TPSA) is 100 Å². The number of thiazole rings is 2. The molecule has 2 N–H and O–H groups in total. The summed E-state index contributed by atoms with van der Waals surface area (Å²) in [5.41, 5.74) is -1.86. The first kappa shape index (κ1) is 21.2. The van der Waals surface area contributed by atoms with E-state index in [1.165, 1.54) is 22.7 Å². The second-order valence-electron chi connectivity index (χ2n) is 7.93. The summed E-state index contributed by atoms with van der Waals surface area (Å²) < 4.78 is 0. The quantitative estimate of drug-likeness (QED) is 0.783. The maximum Gasteiger partial charge on any atom is 0.133 e. The molecule has 2 heterocycles. The summed E-state index contributed by atoms with van der Waals surface area (Å²) in [4.78, 5) is 30.5. The molecule has 8 heteroatoms.